The van der Waals surface area contributed by atoms with E-state index in [1.54, 1.807) is 24.3 Å². The summed E-state index contributed by atoms with van der Waals surface area (Å²) in [5, 5.41) is 5.50. The van der Waals surface area contributed by atoms with Crippen LogP contribution < -0.4 is 10.6 Å². The third-order valence-electron chi connectivity index (χ3n) is 4.54. The summed E-state index contributed by atoms with van der Waals surface area (Å²) >= 11 is 0. The number of amides is 2. The van der Waals surface area contributed by atoms with E-state index in [1.807, 2.05) is 0 Å². The standard InChI is InChI=1S/C20H19F3N2O2/c21-20(22,23)14-10-8-13(9-11-14)15-5-1-2-6-16(15)18(26)25-17-7-3-4-12-24-19(17)27/h1-2,5-6,8-11,17H,3-4,7,12H2,(H,24,27)(H,25,26). The second-order valence-electron chi connectivity index (χ2n) is 6.43. The Balaban J connectivity index is 1.85. The van der Waals surface area contributed by atoms with E-state index in [2.05, 4.69) is 10.6 Å². The van der Waals surface area contributed by atoms with Crippen molar-refractivity contribution in [3.05, 3.63) is 59.7 Å². The number of carbonyl (C=O) groups is 2. The first-order valence-corrected chi connectivity index (χ1v) is 8.71. The van der Waals surface area contributed by atoms with Gasteiger partial charge in [0.25, 0.3) is 5.91 Å². The lowest BCUT2D eigenvalue weighted by atomic mass is 9.97. The van der Waals surface area contributed by atoms with Gasteiger partial charge >= 0.3 is 6.18 Å². The molecular formula is C20H19F3N2O2. The lowest BCUT2D eigenvalue weighted by molar-refractivity contribution is -0.137. The van der Waals surface area contributed by atoms with Gasteiger partial charge < -0.3 is 10.6 Å². The Morgan fingerprint density at radius 2 is 1.74 bits per heavy atom. The first-order chi connectivity index (χ1) is 12.9. The number of alkyl halides is 3. The minimum atomic E-state index is -4.41. The molecule has 3 rings (SSSR count). The molecule has 0 radical (unpaired) electrons. The van der Waals surface area contributed by atoms with E-state index in [4.69, 9.17) is 0 Å². The largest absolute Gasteiger partial charge is 0.416 e. The first kappa shape index (κ1) is 18.9. The van der Waals surface area contributed by atoms with Crippen molar-refractivity contribution < 1.29 is 22.8 Å². The third kappa shape index (κ3) is 4.48. The molecule has 2 N–H and O–H groups in total. The molecule has 2 aromatic carbocycles. The maximum atomic E-state index is 12.8. The Morgan fingerprint density at radius 3 is 2.44 bits per heavy atom. The van der Waals surface area contributed by atoms with Gasteiger partial charge in [0.1, 0.15) is 6.04 Å². The van der Waals surface area contributed by atoms with Crippen LogP contribution in [0.4, 0.5) is 13.2 Å². The molecule has 1 saturated heterocycles. The van der Waals surface area contributed by atoms with Crippen molar-refractivity contribution in [2.75, 3.05) is 6.54 Å². The van der Waals surface area contributed by atoms with Gasteiger partial charge in [-0.25, -0.2) is 0 Å². The highest BCUT2D eigenvalue weighted by Crippen LogP contribution is 2.31. The van der Waals surface area contributed by atoms with Crippen LogP contribution >= 0.6 is 0 Å². The number of carbonyl (C=O) groups excluding carboxylic acids is 2. The van der Waals surface area contributed by atoms with Crippen LogP contribution in [-0.4, -0.2) is 24.4 Å². The van der Waals surface area contributed by atoms with E-state index >= 15 is 0 Å². The van der Waals surface area contributed by atoms with Crippen LogP contribution in [-0.2, 0) is 11.0 Å². The van der Waals surface area contributed by atoms with Crippen LogP contribution in [0.3, 0.4) is 0 Å². The van der Waals surface area contributed by atoms with Crippen molar-refractivity contribution in [3.63, 3.8) is 0 Å². The molecule has 27 heavy (non-hydrogen) atoms. The third-order valence-corrected chi connectivity index (χ3v) is 4.54. The topological polar surface area (TPSA) is 58.2 Å². The van der Waals surface area contributed by atoms with Crippen LogP contribution in [0.15, 0.2) is 48.5 Å². The maximum absolute atomic E-state index is 12.8. The fourth-order valence-electron chi connectivity index (χ4n) is 3.08. The van der Waals surface area contributed by atoms with Gasteiger partial charge in [-0.1, -0.05) is 30.3 Å². The van der Waals surface area contributed by atoms with Gasteiger partial charge in [0.05, 0.1) is 5.56 Å². The number of hydrogen-bond acceptors (Lipinski definition) is 2. The van der Waals surface area contributed by atoms with Gasteiger partial charge in [-0.05, 0) is 48.6 Å². The summed E-state index contributed by atoms with van der Waals surface area (Å²) in [5.74, 6) is -0.639. The summed E-state index contributed by atoms with van der Waals surface area (Å²) in [4.78, 5) is 24.8. The zero-order chi connectivity index (χ0) is 19.4. The number of hydrogen-bond donors (Lipinski definition) is 2. The molecule has 1 fully saturated rings. The van der Waals surface area contributed by atoms with E-state index in [1.165, 1.54) is 12.1 Å². The fraction of sp³-hybridized carbons (Fsp3) is 0.300. The van der Waals surface area contributed by atoms with Crippen molar-refractivity contribution >= 4 is 11.8 Å². The second kappa shape index (κ2) is 7.82. The molecule has 0 aliphatic carbocycles. The SMILES string of the molecule is O=C(NC1CCCCNC1=O)c1ccccc1-c1ccc(C(F)(F)F)cc1. The molecule has 0 spiro atoms. The number of nitrogens with one attached hydrogen (secondary N) is 2. The van der Waals surface area contributed by atoms with Crippen LogP contribution in [0, 0.1) is 0 Å². The Kier molecular flexibility index (Phi) is 5.48. The van der Waals surface area contributed by atoms with Crippen molar-refractivity contribution in [1.29, 1.82) is 0 Å². The van der Waals surface area contributed by atoms with Crippen molar-refractivity contribution in [1.82, 2.24) is 10.6 Å². The van der Waals surface area contributed by atoms with E-state index in [9.17, 15) is 22.8 Å². The van der Waals surface area contributed by atoms with Crippen molar-refractivity contribution in [2.45, 2.75) is 31.5 Å². The summed E-state index contributed by atoms with van der Waals surface area (Å²) in [6.45, 7) is 0.591. The molecule has 0 bridgehead atoms. The first-order valence-electron chi connectivity index (χ1n) is 8.71. The Morgan fingerprint density at radius 1 is 1.04 bits per heavy atom. The Labute approximate surface area is 154 Å². The van der Waals surface area contributed by atoms with Crippen molar-refractivity contribution in [3.8, 4) is 11.1 Å². The lowest BCUT2D eigenvalue weighted by Gasteiger charge is -2.17. The fourth-order valence-corrected chi connectivity index (χ4v) is 3.08. The van der Waals surface area contributed by atoms with E-state index in [-0.39, 0.29) is 5.91 Å². The monoisotopic (exact) mass is 376 g/mol. The highest BCUT2D eigenvalue weighted by molar-refractivity contribution is 6.02. The zero-order valence-corrected chi connectivity index (χ0v) is 14.5. The Bertz CT molecular complexity index is 832. The zero-order valence-electron chi connectivity index (χ0n) is 14.5. The number of halogens is 3. The molecule has 1 aliphatic rings. The molecule has 1 atom stereocenters. The van der Waals surface area contributed by atoms with Gasteiger partial charge in [-0.2, -0.15) is 13.2 Å². The summed E-state index contributed by atoms with van der Waals surface area (Å²) in [5.41, 5.74) is 0.578. The highest BCUT2D eigenvalue weighted by Gasteiger charge is 2.30. The molecule has 7 heteroatoms. The van der Waals surface area contributed by atoms with Crippen LogP contribution in [0.2, 0.25) is 0 Å². The molecule has 142 valence electrons. The van der Waals surface area contributed by atoms with Gasteiger partial charge in [-0.15, -0.1) is 0 Å². The lowest BCUT2D eigenvalue weighted by Crippen LogP contribution is -2.45. The summed E-state index contributed by atoms with van der Waals surface area (Å²) in [6.07, 6.45) is -2.17. The van der Waals surface area contributed by atoms with Crippen molar-refractivity contribution in [2.24, 2.45) is 0 Å². The molecule has 2 amide bonds. The van der Waals surface area contributed by atoms with Crippen LogP contribution in [0.1, 0.15) is 35.2 Å². The quantitative estimate of drug-likeness (QED) is 0.857. The molecule has 1 unspecified atom stereocenters. The average Bonchev–Trinajstić information content (AvgIpc) is 2.85. The van der Waals surface area contributed by atoms with E-state index in [0.717, 1.165) is 25.0 Å². The predicted octanol–water partition coefficient (Wildman–Crippen LogP) is 3.77. The summed E-state index contributed by atoms with van der Waals surface area (Å²) in [7, 11) is 0. The van der Waals surface area contributed by atoms with E-state index < -0.39 is 23.7 Å². The summed E-state index contributed by atoms with van der Waals surface area (Å²) < 4.78 is 38.3. The predicted molar refractivity (Wildman–Crippen MR) is 95.0 cm³/mol. The summed E-state index contributed by atoms with van der Waals surface area (Å²) in [6, 6.07) is 10.7. The van der Waals surface area contributed by atoms with Gasteiger partial charge in [-0.3, -0.25) is 9.59 Å². The molecule has 1 aliphatic heterocycles. The Hall–Kier alpha value is -2.83. The van der Waals surface area contributed by atoms with Gasteiger partial charge in [0.2, 0.25) is 5.91 Å². The minimum Gasteiger partial charge on any atom is -0.354 e. The molecule has 2 aromatic rings. The molecule has 0 saturated carbocycles. The smallest absolute Gasteiger partial charge is 0.354 e. The van der Waals surface area contributed by atoms with E-state index in [0.29, 0.717) is 29.7 Å². The normalized spacial score (nSPS) is 17.7. The minimum absolute atomic E-state index is 0.215. The maximum Gasteiger partial charge on any atom is 0.416 e. The molecule has 1 heterocycles. The average molecular weight is 376 g/mol. The molecular weight excluding hydrogens is 357 g/mol. The highest BCUT2D eigenvalue weighted by atomic mass is 19.4. The van der Waals surface area contributed by atoms with Crippen LogP contribution in [0.5, 0.6) is 0 Å². The number of rotatable bonds is 3. The van der Waals surface area contributed by atoms with Gasteiger partial charge in [0.15, 0.2) is 0 Å². The molecule has 4 nitrogen and oxygen atoms in total. The number of benzene rings is 2. The molecule has 0 aromatic heterocycles. The van der Waals surface area contributed by atoms with Crippen LogP contribution in [0.25, 0.3) is 11.1 Å². The second-order valence-corrected chi connectivity index (χ2v) is 6.43. The van der Waals surface area contributed by atoms with Gasteiger partial charge in [0, 0.05) is 12.1 Å².